The Bertz CT molecular complexity index is 441. The van der Waals surface area contributed by atoms with Gasteiger partial charge in [0.15, 0.2) is 0 Å². The molecule has 0 saturated heterocycles. The third-order valence-electron chi connectivity index (χ3n) is 3.51. The SMILES string of the molecule is O=C[C@@H]1C[C@H]2C(=O)Nc3ccccc3[C@@H]12. The number of nitrogens with one attached hydrogen (secondary N) is 1. The van der Waals surface area contributed by atoms with E-state index in [1.165, 1.54) is 0 Å². The van der Waals surface area contributed by atoms with E-state index in [0.29, 0.717) is 6.42 Å². The summed E-state index contributed by atoms with van der Waals surface area (Å²) >= 11 is 0. The molecule has 3 atom stereocenters. The first kappa shape index (κ1) is 8.65. The van der Waals surface area contributed by atoms with Crippen LogP contribution in [0.2, 0.25) is 0 Å². The molecule has 3 rings (SSSR count). The molecule has 1 heterocycles. The minimum atomic E-state index is 0.00935. The van der Waals surface area contributed by atoms with Crippen molar-refractivity contribution < 1.29 is 9.59 Å². The highest BCUT2D eigenvalue weighted by Crippen LogP contribution is 2.51. The van der Waals surface area contributed by atoms with E-state index in [1.807, 2.05) is 24.3 Å². The molecule has 1 aromatic rings. The highest BCUT2D eigenvalue weighted by molar-refractivity contribution is 5.98. The van der Waals surface area contributed by atoms with Crippen LogP contribution >= 0.6 is 0 Å². The van der Waals surface area contributed by atoms with E-state index in [1.54, 1.807) is 0 Å². The van der Waals surface area contributed by atoms with E-state index in [0.717, 1.165) is 17.5 Å². The van der Waals surface area contributed by atoms with Crippen molar-refractivity contribution in [3.8, 4) is 0 Å². The molecule has 0 bridgehead atoms. The topological polar surface area (TPSA) is 46.2 Å². The van der Waals surface area contributed by atoms with E-state index in [2.05, 4.69) is 5.32 Å². The molecule has 0 spiro atoms. The Kier molecular flexibility index (Phi) is 1.69. The molecule has 1 saturated carbocycles. The normalized spacial score (nSPS) is 32.0. The van der Waals surface area contributed by atoms with Crippen LogP contribution in [-0.2, 0) is 9.59 Å². The van der Waals surface area contributed by atoms with Gasteiger partial charge in [-0.05, 0) is 18.1 Å². The van der Waals surface area contributed by atoms with Crippen molar-refractivity contribution in [2.75, 3.05) is 5.32 Å². The number of para-hydroxylation sites is 1. The number of carbonyl (C=O) groups is 2. The van der Waals surface area contributed by atoms with Crippen molar-refractivity contribution >= 4 is 17.9 Å². The summed E-state index contributed by atoms with van der Waals surface area (Å²) in [5.41, 5.74) is 1.99. The van der Waals surface area contributed by atoms with Crippen molar-refractivity contribution in [3.05, 3.63) is 29.8 Å². The first-order valence-electron chi connectivity index (χ1n) is 5.16. The van der Waals surface area contributed by atoms with Crippen LogP contribution in [0.25, 0.3) is 0 Å². The van der Waals surface area contributed by atoms with Gasteiger partial charge in [0.2, 0.25) is 5.91 Å². The number of amides is 1. The van der Waals surface area contributed by atoms with Crippen molar-refractivity contribution in [3.63, 3.8) is 0 Å². The number of benzene rings is 1. The molecule has 0 aromatic heterocycles. The van der Waals surface area contributed by atoms with Gasteiger partial charge in [0, 0.05) is 23.4 Å². The molecule has 3 heteroatoms. The first-order chi connectivity index (χ1) is 7.31. The van der Waals surface area contributed by atoms with Crippen LogP contribution < -0.4 is 5.32 Å². The lowest BCUT2D eigenvalue weighted by molar-refractivity contribution is -0.128. The summed E-state index contributed by atoms with van der Waals surface area (Å²) in [6.45, 7) is 0. The van der Waals surface area contributed by atoms with Gasteiger partial charge in [0.1, 0.15) is 6.29 Å². The Morgan fingerprint density at radius 1 is 1.33 bits per heavy atom. The van der Waals surface area contributed by atoms with Gasteiger partial charge >= 0.3 is 0 Å². The first-order valence-corrected chi connectivity index (χ1v) is 5.16. The maximum Gasteiger partial charge on any atom is 0.228 e. The summed E-state index contributed by atoms with van der Waals surface area (Å²) in [6, 6.07) is 7.74. The highest BCUT2D eigenvalue weighted by atomic mass is 16.2. The Labute approximate surface area is 87.5 Å². The molecular weight excluding hydrogens is 190 g/mol. The van der Waals surface area contributed by atoms with Gasteiger partial charge in [0.05, 0.1) is 0 Å². The number of anilines is 1. The fraction of sp³-hybridized carbons (Fsp3) is 0.333. The van der Waals surface area contributed by atoms with Crippen LogP contribution in [0.3, 0.4) is 0 Å². The van der Waals surface area contributed by atoms with Gasteiger partial charge in [0.25, 0.3) is 0 Å². The molecule has 1 aromatic carbocycles. The minimum Gasteiger partial charge on any atom is -0.326 e. The largest absolute Gasteiger partial charge is 0.326 e. The number of rotatable bonds is 1. The van der Waals surface area contributed by atoms with Gasteiger partial charge in [-0.15, -0.1) is 0 Å². The average molecular weight is 201 g/mol. The van der Waals surface area contributed by atoms with Gasteiger partial charge < -0.3 is 10.1 Å². The molecule has 76 valence electrons. The molecular formula is C12H11NO2. The second-order valence-electron chi connectivity index (χ2n) is 4.24. The molecule has 1 fully saturated rings. The minimum absolute atomic E-state index is 0.00935. The lowest BCUT2D eigenvalue weighted by atomic mass is 9.60. The molecule has 2 aliphatic rings. The van der Waals surface area contributed by atoms with E-state index in [9.17, 15) is 9.59 Å². The van der Waals surface area contributed by atoms with Crippen LogP contribution in [0, 0.1) is 11.8 Å². The molecule has 1 amide bonds. The van der Waals surface area contributed by atoms with Crippen LogP contribution in [0.5, 0.6) is 0 Å². The van der Waals surface area contributed by atoms with Crippen LogP contribution in [0.4, 0.5) is 5.69 Å². The quantitative estimate of drug-likeness (QED) is 0.701. The van der Waals surface area contributed by atoms with E-state index >= 15 is 0 Å². The summed E-state index contributed by atoms with van der Waals surface area (Å²) in [5.74, 6) is 0.224. The van der Waals surface area contributed by atoms with Gasteiger partial charge in [-0.2, -0.15) is 0 Å². The summed E-state index contributed by atoms with van der Waals surface area (Å²) in [4.78, 5) is 22.5. The Balaban J connectivity index is 2.08. The molecule has 0 unspecified atom stereocenters. The fourth-order valence-electron chi connectivity index (χ4n) is 2.67. The van der Waals surface area contributed by atoms with Gasteiger partial charge in [-0.25, -0.2) is 0 Å². The average Bonchev–Trinajstić information content (AvgIpc) is 2.19. The Hall–Kier alpha value is -1.64. The molecule has 0 radical (unpaired) electrons. The highest BCUT2D eigenvalue weighted by Gasteiger charge is 2.49. The zero-order chi connectivity index (χ0) is 10.4. The molecule has 1 N–H and O–H groups in total. The summed E-state index contributed by atoms with van der Waals surface area (Å²) in [7, 11) is 0. The molecule has 3 nitrogen and oxygen atoms in total. The summed E-state index contributed by atoms with van der Waals surface area (Å²) < 4.78 is 0. The molecule has 1 aliphatic carbocycles. The van der Waals surface area contributed by atoms with E-state index in [-0.39, 0.29) is 23.7 Å². The number of fused-ring (bicyclic) bond motifs is 3. The monoisotopic (exact) mass is 201 g/mol. The third kappa shape index (κ3) is 1.06. The van der Waals surface area contributed by atoms with Crippen molar-refractivity contribution in [2.24, 2.45) is 11.8 Å². The number of hydrogen-bond acceptors (Lipinski definition) is 2. The van der Waals surface area contributed by atoms with Crippen molar-refractivity contribution in [2.45, 2.75) is 12.3 Å². The fourth-order valence-corrected chi connectivity index (χ4v) is 2.67. The number of hydrogen-bond donors (Lipinski definition) is 1. The van der Waals surface area contributed by atoms with Gasteiger partial charge in [-0.1, -0.05) is 18.2 Å². The second kappa shape index (κ2) is 2.92. The van der Waals surface area contributed by atoms with Crippen molar-refractivity contribution in [1.29, 1.82) is 0 Å². The van der Waals surface area contributed by atoms with Crippen LogP contribution in [-0.4, -0.2) is 12.2 Å². The predicted octanol–water partition coefficient (Wildman–Crippen LogP) is 1.56. The molecule has 15 heavy (non-hydrogen) atoms. The summed E-state index contributed by atoms with van der Waals surface area (Å²) in [5, 5.41) is 2.88. The maximum atomic E-state index is 11.7. The Morgan fingerprint density at radius 2 is 2.13 bits per heavy atom. The standard InChI is InChI=1S/C12H11NO2/c14-6-7-5-9-11(7)8-3-1-2-4-10(8)13-12(9)15/h1-4,6-7,9,11H,5H2,(H,13,15)/t7-,9+,11+/m0/s1. The van der Waals surface area contributed by atoms with E-state index < -0.39 is 0 Å². The summed E-state index contributed by atoms with van der Waals surface area (Å²) in [6.07, 6.45) is 1.69. The Morgan fingerprint density at radius 3 is 2.93 bits per heavy atom. The second-order valence-corrected chi connectivity index (χ2v) is 4.24. The lowest BCUT2D eigenvalue weighted by Gasteiger charge is -2.45. The zero-order valence-electron chi connectivity index (χ0n) is 8.14. The van der Waals surface area contributed by atoms with Crippen molar-refractivity contribution in [1.82, 2.24) is 0 Å². The maximum absolute atomic E-state index is 11.7. The zero-order valence-corrected chi connectivity index (χ0v) is 8.14. The van der Waals surface area contributed by atoms with E-state index in [4.69, 9.17) is 0 Å². The smallest absolute Gasteiger partial charge is 0.228 e. The number of aldehydes is 1. The van der Waals surface area contributed by atoms with Gasteiger partial charge in [-0.3, -0.25) is 4.79 Å². The molecule has 1 aliphatic heterocycles. The predicted molar refractivity (Wildman–Crippen MR) is 55.5 cm³/mol. The van der Waals surface area contributed by atoms with Crippen LogP contribution in [0.1, 0.15) is 17.9 Å². The third-order valence-corrected chi connectivity index (χ3v) is 3.51. The number of carbonyl (C=O) groups excluding carboxylic acids is 2. The van der Waals surface area contributed by atoms with Crippen LogP contribution in [0.15, 0.2) is 24.3 Å². The lowest BCUT2D eigenvalue weighted by Crippen LogP contribution is -2.46.